The quantitative estimate of drug-likeness (QED) is 0.747. The Kier molecular flexibility index (Phi) is 2.57. The van der Waals surface area contributed by atoms with Gasteiger partial charge in [-0.05, 0) is 66.3 Å². The Morgan fingerprint density at radius 1 is 0.808 bits per heavy atom. The van der Waals surface area contributed by atoms with Crippen LogP contribution in [0, 0.1) is 0 Å². The summed E-state index contributed by atoms with van der Waals surface area (Å²) in [7, 11) is 0. The Morgan fingerprint density at radius 3 is 2.35 bits per heavy atom. The third-order valence-corrected chi connectivity index (χ3v) is 5.18. The Labute approximate surface area is 150 Å². The van der Waals surface area contributed by atoms with Crippen molar-refractivity contribution < 1.29 is 0 Å². The number of allylic oxidation sites excluding steroid dienone is 6. The summed E-state index contributed by atoms with van der Waals surface area (Å²) in [6.45, 7) is 0. The molecule has 1 aromatic heterocycles. The Morgan fingerprint density at radius 2 is 1.54 bits per heavy atom. The molecule has 124 valence electrons. The SMILES string of the molecule is C1=C/C2=C/C3=C4C=CC(/C=C5/C=CC(=N5)/C=c5/cc/c([nH]5)=C/C1=N2)(C4)N3. The maximum absolute atomic E-state index is 4.76. The molecular weight excluding hydrogens is 320 g/mol. The first-order chi connectivity index (χ1) is 12.7. The van der Waals surface area contributed by atoms with Gasteiger partial charge in [0, 0.05) is 22.8 Å². The lowest BCUT2D eigenvalue weighted by atomic mass is 9.99. The maximum atomic E-state index is 4.76. The number of hydrogen-bond donors (Lipinski definition) is 2. The summed E-state index contributed by atoms with van der Waals surface area (Å²) in [6.07, 6.45) is 22.1. The first kappa shape index (κ1) is 13.8. The summed E-state index contributed by atoms with van der Waals surface area (Å²) >= 11 is 0. The molecule has 9 bridgehead atoms. The first-order valence-electron chi connectivity index (χ1n) is 8.80. The predicted molar refractivity (Wildman–Crippen MR) is 105 cm³/mol. The van der Waals surface area contributed by atoms with Crippen LogP contribution in [-0.2, 0) is 0 Å². The summed E-state index contributed by atoms with van der Waals surface area (Å²) in [4.78, 5) is 12.9. The topological polar surface area (TPSA) is 52.5 Å². The van der Waals surface area contributed by atoms with Gasteiger partial charge in [0.2, 0.25) is 0 Å². The Bertz CT molecular complexity index is 1220. The van der Waals surface area contributed by atoms with Crippen molar-refractivity contribution in [1.82, 2.24) is 10.3 Å². The molecule has 2 N–H and O–H groups in total. The van der Waals surface area contributed by atoms with Gasteiger partial charge in [0.25, 0.3) is 0 Å². The number of dihydropyridines is 1. The van der Waals surface area contributed by atoms with Gasteiger partial charge in [0.05, 0.1) is 28.4 Å². The molecule has 1 aliphatic carbocycles. The standard InChI is InChI=1S/C22H16N4/c1-2-16-10-18-5-6-20(25-18)13-22-8-7-14(12-22)21(26-22)11-19-4-3-17(24-19)9-15(1)23-16/h1-11,13,23,26H,12H2/b15-9-,16-10-,19-11-,20-13-. The number of aromatic amines is 1. The van der Waals surface area contributed by atoms with Gasteiger partial charge < -0.3 is 10.3 Å². The molecule has 4 heteroatoms. The van der Waals surface area contributed by atoms with E-state index in [1.54, 1.807) is 0 Å². The second-order valence-corrected chi connectivity index (χ2v) is 7.15. The van der Waals surface area contributed by atoms with Crippen molar-refractivity contribution in [2.24, 2.45) is 9.98 Å². The van der Waals surface area contributed by atoms with E-state index in [9.17, 15) is 0 Å². The van der Waals surface area contributed by atoms with Crippen LogP contribution in [0.5, 0.6) is 0 Å². The number of nitrogens with zero attached hydrogens (tertiary/aromatic N) is 2. The molecule has 0 radical (unpaired) electrons. The third-order valence-electron chi connectivity index (χ3n) is 5.18. The Hall–Kier alpha value is -3.40. The van der Waals surface area contributed by atoms with Crippen LogP contribution in [0.1, 0.15) is 6.42 Å². The van der Waals surface area contributed by atoms with Crippen LogP contribution in [-0.4, -0.2) is 21.9 Å². The van der Waals surface area contributed by atoms with E-state index in [1.807, 2.05) is 0 Å². The van der Waals surface area contributed by atoms with Crippen LogP contribution in [0.4, 0.5) is 0 Å². The Balaban J connectivity index is 1.56. The minimum Gasteiger partial charge on any atom is -0.372 e. The van der Waals surface area contributed by atoms with Crippen LogP contribution in [0.3, 0.4) is 0 Å². The summed E-state index contributed by atoms with van der Waals surface area (Å²) < 4.78 is 0. The van der Waals surface area contributed by atoms with Crippen molar-refractivity contribution in [3.05, 3.63) is 94.1 Å². The van der Waals surface area contributed by atoms with Crippen LogP contribution in [0.25, 0.3) is 12.2 Å². The van der Waals surface area contributed by atoms with Gasteiger partial charge in [0.15, 0.2) is 0 Å². The molecule has 0 fully saturated rings. The highest BCUT2D eigenvalue weighted by Crippen LogP contribution is 2.39. The molecule has 26 heavy (non-hydrogen) atoms. The van der Waals surface area contributed by atoms with Crippen molar-refractivity contribution in [2.75, 3.05) is 0 Å². The second-order valence-electron chi connectivity index (χ2n) is 7.15. The van der Waals surface area contributed by atoms with Gasteiger partial charge in [-0.3, -0.25) is 0 Å². The molecule has 1 unspecified atom stereocenters. The van der Waals surface area contributed by atoms with Crippen LogP contribution in [0.15, 0.2) is 93.4 Å². The molecular formula is C22H16N4. The zero-order valence-corrected chi connectivity index (χ0v) is 14.0. The fourth-order valence-electron chi connectivity index (χ4n) is 3.99. The lowest BCUT2D eigenvalue weighted by molar-refractivity contribution is 0.599. The van der Waals surface area contributed by atoms with Crippen LogP contribution >= 0.6 is 0 Å². The predicted octanol–water partition coefficient (Wildman–Crippen LogP) is 1.93. The highest BCUT2D eigenvalue weighted by Gasteiger charge is 2.37. The zero-order chi connectivity index (χ0) is 17.1. The highest BCUT2D eigenvalue weighted by molar-refractivity contribution is 6.20. The molecule has 5 aliphatic rings. The van der Waals surface area contributed by atoms with E-state index in [0.717, 1.165) is 45.6 Å². The molecule has 5 heterocycles. The second kappa shape index (κ2) is 4.82. The summed E-state index contributed by atoms with van der Waals surface area (Å²) in [5.41, 5.74) is 6.19. The molecule has 0 saturated heterocycles. The molecule has 0 saturated carbocycles. The van der Waals surface area contributed by atoms with Crippen molar-refractivity contribution >= 4 is 23.6 Å². The molecule has 4 aliphatic heterocycles. The van der Waals surface area contributed by atoms with Crippen LogP contribution in [0.2, 0.25) is 0 Å². The van der Waals surface area contributed by atoms with Crippen molar-refractivity contribution in [3.8, 4) is 0 Å². The summed E-state index contributed by atoms with van der Waals surface area (Å²) in [6, 6.07) is 4.13. The summed E-state index contributed by atoms with van der Waals surface area (Å²) in [5, 5.41) is 5.73. The van der Waals surface area contributed by atoms with E-state index in [-0.39, 0.29) is 5.54 Å². The number of nitrogens with one attached hydrogen (secondary N) is 2. The van der Waals surface area contributed by atoms with Crippen molar-refractivity contribution in [1.29, 1.82) is 0 Å². The first-order valence-corrected chi connectivity index (χ1v) is 8.80. The number of fused-ring (bicyclic) bond motifs is 6. The van der Waals surface area contributed by atoms with E-state index in [2.05, 4.69) is 83.2 Å². The average Bonchev–Trinajstić information content (AvgIpc) is 3.39. The van der Waals surface area contributed by atoms with Gasteiger partial charge in [-0.25, -0.2) is 9.98 Å². The molecule has 6 rings (SSSR count). The van der Waals surface area contributed by atoms with E-state index in [0.29, 0.717) is 0 Å². The normalized spacial score (nSPS) is 33.5. The van der Waals surface area contributed by atoms with Gasteiger partial charge in [-0.15, -0.1) is 0 Å². The minimum absolute atomic E-state index is 0.169. The van der Waals surface area contributed by atoms with E-state index >= 15 is 0 Å². The lowest BCUT2D eigenvalue weighted by Gasteiger charge is -2.23. The molecule has 0 aromatic carbocycles. The fraction of sp³-hybridized carbons (Fsp3) is 0.0909. The number of H-pyrrole nitrogens is 1. The van der Waals surface area contributed by atoms with Crippen LogP contribution < -0.4 is 16.0 Å². The summed E-state index contributed by atoms with van der Waals surface area (Å²) in [5.74, 6) is 0. The van der Waals surface area contributed by atoms with E-state index < -0.39 is 0 Å². The number of hydrogen-bond acceptors (Lipinski definition) is 3. The highest BCUT2D eigenvalue weighted by atomic mass is 15.0. The molecule has 0 amide bonds. The largest absolute Gasteiger partial charge is 0.372 e. The van der Waals surface area contributed by atoms with Gasteiger partial charge in [0.1, 0.15) is 0 Å². The molecule has 1 spiro atoms. The average molecular weight is 336 g/mol. The number of rotatable bonds is 0. The molecule has 1 atom stereocenters. The monoisotopic (exact) mass is 336 g/mol. The maximum Gasteiger partial charge on any atom is 0.0808 e. The third kappa shape index (κ3) is 2.15. The smallest absolute Gasteiger partial charge is 0.0808 e. The number of aliphatic imine (C=N–C) groups is 2. The molecule has 4 nitrogen and oxygen atoms in total. The van der Waals surface area contributed by atoms with Gasteiger partial charge >= 0.3 is 0 Å². The van der Waals surface area contributed by atoms with E-state index in [1.165, 1.54) is 5.57 Å². The number of aromatic nitrogens is 1. The van der Waals surface area contributed by atoms with E-state index in [4.69, 9.17) is 9.98 Å². The van der Waals surface area contributed by atoms with Gasteiger partial charge in [-0.1, -0.05) is 12.2 Å². The lowest BCUT2D eigenvalue weighted by Crippen LogP contribution is -2.35. The fourth-order valence-corrected chi connectivity index (χ4v) is 3.99. The van der Waals surface area contributed by atoms with Gasteiger partial charge in [-0.2, -0.15) is 0 Å². The zero-order valence-electron chi connectivity index (χ0n) is 14.0. The molecule has 1 aromatic rings. The minimum atomic E-state index is -0.169. The van der Waals surface area contributed by atoms with Crippen molar-refractivity contribution in [2.45, 2.75) is 12.0 Å². The van der Waals surface area contributed by atoms with Crippen molar-refractivity contribution in [3.63, 3.8) is 0 Å².